The lowest BCUT2D eigenvalue weighted by molar-refractivity contribution is 0.630. The van der Waals surface area contributed by atoms with Crippen molar-refractivity contribution in [3.8, 4) is 0 Å². The number of nitrogens with two attached hydrogens (primary N) is 1. The fourth-order valence-electron chi connectivity index (χ4n) is 1.02. The van der Waals surface area contributed by atoms with E-state index in [1.807, 2.05) is 0 Å². The van der Waals surface area contributed by atoms with Gasteiger partial charge in [-0.3, -0.25) is 5.84 Å². The number of hydrogen-bond acceptors (Lipinski definition) is 3. The Balaban J connectivity index is 2.75. The highest BCUT2D eigenvalue weighted by Crippen LogP contribution is 2.15. The van der Waals surface area contributed by atoms with Crippen molar-refractivity contribution in [1.29, 1.82) is 0 Å². The van der Waals surface area contributed by atoms with Gasteiger partial charge < -0.3 is 5.43 Å². The lowest BCUT2D eigenvalue weighted by Crippen LogP contribution is -2.08. The maximum Gasteiger partial charge on any atom is 0.148 e. The normalized spacial score (nSPS) is 10.0. The molecule has 5 nitrogen and oxygen atoms in total. The number of nitrogens with one attached hydrogen (secondary N) is 1. The molecule has 78 valence electrons. The molecule has 0 heterocycles. The smallest absolute Gasteiger partial charge is 0.148 e. The first kappa shape index (κ1) is 11.0. The zero-order valence-corrected chi connectivity index (χ0v) is 7.89. The second-order valence-corrected chi connectivity index (χ2v) is 2.70. The number of rotatable bonds is 4. The van der Waals surface area contributed by atoms with Crippen molar-refractivity contribution in [3.05, 3.63) is 46.1 Å². The Hall–Kier alpha value is -2.04. The minimum absolute atomic E-state index is 0.238. The summed E-state index contributed by atoms with van der Waals surface area (Å²) in [6.45, 7) is 0.245. The molecule has 15 heavy (non-hydrogen) atoms. The van der Waals surface area contributed by atoms with E-state index in [4.69, 9.17) is 11.4 Å². The Morgan fingerprint density at radius 3 is 3.00 bits per heavy atom. The average molecular weight is 207 g/mol. The number of hydrogen-bond donors (Lipinski definition) is 2. The Bertz CT molecular complexity index is 409. The van der Waals surface area contributed by atoms with Crippen LogP contribution in [0.5, 0.6) is 0 Å². The van der Waals surface area contributed by atoms with Crippen LogP contribution < -0.4 is 11.3 Å². The molecule has 6 heteroatoms. The SMILES string of the molecule is [N-]=[N+]=NCC=Cc1ccc(NN)c(F)c1. The van der Waals surface area contributed by atoms with Gasteiger partial charge in [0.2, 0.25) is 0 Å². The molecule has 0 spiro atoms. The molecule has 0 aromatic heterocycles. The van der Waals surface area contributed by atoms with Gasteiger partial charge in [0, 0.05) is 11.5 Å². The van der Waals surface area contributed by atoms with Crippen LogP contribution in [0.2, 0.25) is 0 Å². The van der Waals surface area contributed by atoms with Crippen molar-refractivity contribution >= 4 is 11.8 Å². The highest BCUT2D eigenvalue weighted by Gasteiger charge is 1.99. The van der Waals surface area contributed by atoms with Crippen molar-refractivity contribution < 1.29 is 4.39 Å². The highest BCUT2D eigenvalue weighted by atomic mass is 19.1. The van der Waals surface area contributed by atoms with E-state index in [9.17, 15) is 4.39 Å². The molecule has 1 aromatic rings. The van der Waals surface area contributed by atoms with Gasteiger partial charge in [0.05, 0.1) is 5.69 Å². The van der Waals surface area contributed by atoms with Crippen LogP contribution in [0.4, 0.5) is 10.1 Å². The minimum Gasteiger partial charge on any atom is -0.321 e. The molecule has 0 bridgehead atoms. The first-order chi connectivity index (χ1) is 7.27. The van der Waals surface area contributed by atoms with Crippen molar-refractivity contribution in [1.82, 2.24) is 0 Å². The Labute approximate surface area is 86.0 Å². The standard InChI is InChI=1S/C9H10FN5/c10-8-6-7(2-1-5-13-15-12)3-4-9(8)14-11/h1-4,6,14H,5,11H2. The fourth-order valence-corrected chi connectivity index (χ4v) is 1.02. The second-order valence-electron chi connectivity index (χ2n) is 2.70. The van der Waals surface area contributed by atoms with E-state index < -0.39 is 5.82 Å². The predicted octanol–water partition coefficient (Wildman–Crippen LogP) is 2.43. The summed E-state index contributed by atoms with van der Waals surface area (Å²) in [5.74, 6) is 4.65. The number of anilines is 1. The lowest BCUT2D eigenvalue weighted by atomic mass is 10.2. The van der Waals surface area contributed by atoms with Crippen LogP contribution in [0.15, 0.2) is 29.4 Å². The number of nitrogens with zero attached hydrogens (tertiary/aromatic N) is 3. The van der Waals surface area contributed by atoms with Crippen molar-refractivity contribution in [2.45, 2.75) is 0 Å². The predicted molar refractivity (Wildman–Crippen MR) is 57.3 cm³/mol. The zero-order valence-electron chi connectivity index (χ0n) is 7.89. The van der Waals surface area contributed by atoms with E-state index in [1.54, 1.807) is 18.2 Å². The van der Waals surface area contributed by atoms with Crippen LogP contribution in [-0.4, -0.2) is 6.54 Å². The van der Waals surface area contributed by atoms with E-state index in [2.05, 4.69) is 15.5 Å². The van der Waals surface area contributed by atoms with E-state index in [0.717, 1.165) is 0 Å². The van der Waals surface area contributed by atoms with Crippen molar-refractivity contribution in [2.24, 2.45) is 11.0 Å². The average Bonchev–Trinajstić information content (AvgIpc) is 2.25. The molecule has 0 unspecified atom stereocenters. The summed E-state index contributed by atoms with van der Waals surface area (Å²) in [6, 6.07) is 4.56. The number of hydrazine groups is 1. The third-order valence-electron chi connectivity index (χ3n) is 1.71. The molecule has 3 N–H and O–H groups in total. The van der Waals surface area contributed by atoms with Gasteiger partial charge in [-0.05, 0) is 23.2 Å². The Morgan fingerprint density at radius 1 is 1.60 bits per heavy atom. The van der Waals surface area contributed by atoms with Gasteiger partial charge in [-0.15, -0.1) is 0 Å². The molecule has 0 aliphatic carbocycles. The molecule has 0 amide bonds. The lowest BCUT2D eigenvalue weighted by Gasteiger charge is -2.01. The van der Waals surface area contributed by atoms with Crippen LogP contribution >= 0.6 is 0 Å². The molecular formula is C9H10FN5. The molecule has 0 saturated carbocycles. The van der Waals surface area contributed by atoms with Crippen LogP contribution in [0.25, 0.3) is 16.5 Å². The summed E-state index contributed by atoms with van der Waals surface area (Å²) in [5, 5.41) is 3.31. The van der Waals surface area contributed by atoms with Gasteiger partial charge in [-0.2, -0.15) is 0 Å². The quantitative estimate of drug-likeness (QED) is 0.261. The van der Waals surface area contributed by atoms with Crippen LogP contribution in [-0.2, 0) is 0 Å². The summed E-state index contributed by atoms with van der Waals surface area (Å²) in [6.07, 6.45) is 3.31. The first-order valence-electron chi connectivity index (χ1n) is 4.21. The van der Waals surface area contributed by atoms with E-state index in [0.29, 0.717) is 5.56 Å². The van der Waals surface area contributed by atoms with Crippen LogP contribution in [0.1, 0.15) is 5.56 Å². The maximum absolute atomic E-state index is 13.2. The topological polar surface area (TPSA) is 86.8 Å². The summed E-state index contributed by atoms with van der Waals surface area (Å²) in [4.78, 5) is 2.58. The van der Waals surface area contributed by atoms with Gasteiger partial charge in [0.15, 0.2) is 0 Å². The molecule has 0 fully saturated rings. The number of nitrogen functional groups attached to an aromatic ring is 1. The minimum atomic E-state index is -0.427. The molecule has 0 radical (unpaired) electrons. The summed E-state index contributed by atoms with van der Waals surface area (Å²) in [7, 11) is 0. The Kier molecular flexibility index (Phi) is 4.15. The molecule has 1 rings (SSSR count). The molecule has 0 saturated heterocycles. The zero-order chi connectivity index (χ0) is 11.1. The molecule has 0 atom stereocenters. The van der Waals surface area contributed by atoms with Gasteiger partial charge in [0.1, 0.15) is 5.82 Å². The number of azide groups is 1. The largest absolute Gasteiger partial charge is 0.321 e. The number of benzene rings is 1. The number of halogens is 1. The monoisotopic (exact) mass is 207 g/mol. The van der Waals surface area contributed by atoms with E-state index >= 15 is 0 Å². The molecule has 0 aliphatic heterocycles. The highest BCUT2D eigenvalue weighted by molar-refractivity contribution is 5.55. The second kappa shape index (κ2) is 5.64. The molecular weight excluding hydrogens is 197 g/mol. The van der Waals surface area contributed by atoms with Crippen molar-refractivity contribution in [3.63, 3.8) is 0 Å². The van der Waals surface area contributed by atoms with Gasteiger partial charge in [-0.25, -0.2) is 4.39 Å². The van der Waals surface area contributed by atoms with Gasteiger partial charge in [0.25, 0.3) is 0 Å². The summed E-state index contributed by atoms with van der Waals surface area (Å²) < 4.78 is 13.2. The Morgan fingerprint density at radius 2 is 2.40 bits per heavy atom. The first-order valence-corrected chi connectivity index (χ1v) is 4.21. The fraction of sp³-hybridized carbons (Fsp3) is 0.111. The van der Waals surface area contributed by atoms with Crippen molar-refractivity contribution in [2.75, 3.05) is 12.0 Å². The van der Waals surface area contributed by atoms with E-state index in [-0.39, 0.29) is 12.2 Å². The van der Waals surface area contributed by atoms with Gasteiger partial charge >= 0.3 is 0 Å². The van der Waals surface area contributed by atoms with Crippen LogP contribution in [0, 0.1) is 5.82 Å². The van der Waals surface area contributed by atoms with Gasteiger partial charge in [-0.1, -0.05) is 23.3 Å². The molecule has 1 aromatic carbocycles. The third kappa shape index (κ3) is 3.30. The van der Waals surface area contributed by atoms with Crippen LogP contribution in [0.3, 0.4) is 0 Å². The summed E-state index contributed by atoms with van der Waals surface area (Å²) >= 11 is 0. The van der Waals surface area contributed by atoms with E-state index in [1.165, 1.54) is 12.1 Å². The maximum atomic E-state index is 13.2. The third-order valence-corrected chi connectivity index (χ3v) is 1.71. The molecule has 0 aliphatic rings. The summed E-state index contributed by atoms with van der Waals surface area (Å²) in [5.41, 5.74) is 11.2.